The van der Waals surface area contributed by atoms with E-state index < -0.39 is 23.6 Å². The van der Waals surface area contributed by atoms with Gasteiger partial charge < -0.3 is 24.2 Å². The Morgan fingerprint density at radius 1 is 0.950 bits per heavy atom. The van der Waals surface area contributed by atoms with E-state index in [9.17, 15) is 18.8 Å². The topological polar surface area (TPSA) is 79.4 Å². The van der Waals surface area contributed by atoms with Gasteiger partial charge in [0.25, 0.3) is 0 Å². The van der Waals surface area contributed by atoms with Crippen LogP contribution in [0.25, 0.3) is 0 Å². The largest absolute Gasteiger partial charge is 0.444 e. The molecule has 0 radical (unpaired) electrons. The van der Waals surface area contributed by atoms with Crippen LogP contribution in [0.1, 0.15) is 45.1 Å². The van der Waals surface area contributed by atoms with Crippen LogP contribution in [0.5, 0.6) is 5.75 Å². The number of amides is 3. The average molecular weight is 595 g/mol. The standard InChI is InChI=1S/C29H34Cl2FN3O5/c1-29(2,3)40-28(38)34-13-11-18(12-14-34)26(36)35-16-22(19-5-10-23(30)24(31)15-19)25(17-35)33(4)27(37)39-21-8-6-20(32)7-9-21/h5-10,15,18,22,25H,11-14,16-17H2,1-4H3/t22-,25?/m1/s1. The molecular formula is C29H34Cl2FN3O5. The quantitative estimate of drug-likeness (QED) is 0.421. The summed E-state index contributed by atoms with van der Waals surface area (Å²) in [6.45, 7) is 7.00. The van der Waals surface area contributed by atoms with Gasteiger partial charge in [-0.25, -0.2) is 14.0 Å². The third-order valence-electron chi connectivity index (χ3n) is 7.27. The molecule has 11 heteroatoms. The van der Waals surface area contributed by atoms with Crippen LogP contribution in [0.15, 0.2) is 42.5 Å². The molecule has 2 aromatic rings. The van der Waals surface area contributed by atoms with Gasteiger partial charge in [0.1, 0.15) is 17.2 Å². The van der Waals surface area contributed by atoms with E-state index in [0.29, 0.717) is 49.1 Å². The Bertz CT molecular complexity index is 1250. The first-order valence-electron chi connectivity index (χ1n) is 13.2. The molecule has 0 N–H and O–H groups in total. The fourth-order valence-electron chi connectivity index (χ4n) is 5.13. The number of carbonyl (C=O) groups is 3. The second-order valence-corrected chi connectivity index (χ2v) is 12.1. The minimum atomic E-state index is -0.623. The minimum absolute atomic E-state index is 0.0169. The van der Waals surface area contributed by atoms with Crippen molar-refractivity contribution < 1.29 is 28.2 Å². The van der Waals surface area contributed by atoms with Crippen molar-refractivity contribution >= 4 is 41.3 Å². The molecular weight excluding hydrogens is 560 g/mol. The van der Waals surface area contributed by atoms with Crippen LogP contribution in [0, 0.1) is 11.7 Å². The van der Waals surface area contributed by atoms with E-state index in [2.05, 4.69) is 0 Å². The van der Waals surface area contributed by atoms with Crippen LogP contribution < -0.4 is 4.74 Å². The number of likely N-dealkylation sites (tertiary alicyclic amines) is 2. The molecule has 216 valence electrons. The number of ether oxygens (including phenoxy) is 2. The van der Waals surface area contributed by atoms with Crippen molar-refractivity contribution in [1.82, 2.24) is 14.7 Å². The van der Waals surface area contributed by atoms with Crippen molar-refractivity contribution in [2.45, 2.75) is 51.2 Å². The van der Waals surface area contributed by atoms with Crippen molar-refractivity contribution in [2.75, 3.05) is 33.2 Å². The number of likely N-dealkylation sites (N-methyl/N-ethyl adjacent to an activating group) is 1. The van der Waals surface area contributed by atoms with Gasteiger partial charge in [0.2, 0.25) is 5.91 Å². The lowest BCUT2D eigenvalue weighted by molar-refractivity contribution is -0.136. The van der Waals surface area contributed by atoms with Crippen molar-refractivity contribution in [3.05, 3.63) is 63.9 Å². The predicted octanol–water partition coefficient (Wildman–Crippen LogP) is 6.20. The molecule has 2 saturated heterocycles. The summed E-state index contributed by atoms with van der Waals surface area (Å²) in [5.74, 6) is -0.729. The number of halogens is 3. The summed E-state index contributed by atoms with van der Waals surface area (Å²) in [5.41, 5.74) is 0.258. The highest BCUT2D eigenvalue weighted by molar-refractivity contribution is 6.42. The lowest BCUT2D eigenvalue weighted by Gasteiger charge is -2.34. The lowest BCUT2D eigenvalue weighted by Crippen LogP contribution is -2.46. The summed E-state index contributed by atoms with van der Waals surface area (Å²) < 4.78 is 24.2. The van der Waals surface area contributed by atoms with E-state index in [4.69, 9.17) is 32.7 Å². The Labute approximate surface area is 243 Å². The van der Waals surface area contributed by atoms with Gasteiger partial charge in [-0.05, 0) is 75.6 Å². The van der Waals surface area contributed by atoms with Crippen LogP contribution in [-0.4, -0.2) is 77.7 Å². The van der Waals surface area contributed by atoms with E-state index in [1.807, 2.05) is 26.8 Å². The zero-order valence-electron chi connectivity index (χ0n) is 23.0. The van der Waals surface area contributed by atoms with Gasteiger partial charge in [-0.2, -0.15) is 0 Å². The maximum Gasteiger partial charge on any atom is 0.415 e. The summed E-state index contributed by atoms with van der Waals surface area (Å²) in [7, 11) is 1.62. The molecule has 8 nitrogen and oxygen atoms in total. The number of hydrogen-bond acceptors (Lipinski definition) is 5. The first-order chi connectivity index (χ1) is 18.8. The van der Waals surface area contributed by atoms with E-state index in [-0.39, 0.29) is 29.6 Å². The Kier molecular flexibility index (Phi) is 9.15. The van der Waals surface area contributed by atoms with E-state index >= 15 is 0 Å². The van der Waals surface area contributed by atoms with Gasteiger partial charge in [0.05, 0.1) is 16.1 Å². The number of rotatable bonds is 4. The molecule has 0 saturated carbocycles. The molecule has 2 aromatic carbocycles. The Balaban J connectivity index is 1.47. The normalized spacial score (nSPS) is 19.9. The average Bonchev–Trinajstić information content (AvgIpc) is 3.35. The molecule has 2 aliphatic heterocycles. The summed E-state index contributed by atoms with van der Waals surface area (Å²) in [5, 5.41) is 0.794. The van der Waals surface area contributed by atoms with Crippen LogP contribution >= 0.6 is 23.2 Å². The van der Waals surface area contributed by atoms with Crippen LogP contribution in [0.4, 0.5) is 14.0 Å². The molecule has 0 bridgehead atoms. The minimum Gasteiger partial charge on any atom is -0.444 e. The lowest BCUT2D eigenvalue weighted by atomic mass is 9.93. The summed E-state index contributed by atoms with van der Waals surface area (Å²) in [4.78, 5) is 44.0. The molecule has 40 heavy (non-hydrogen) atoms. The maximum absolute atomic E-state index is 13.6. The molecule has 3 amide bonds. The van der Waals surface area contributed by atoms with Gasteiger partial charge in [-0.1, -0.05) is 29.3 Å². The Morgan fingerprint density at radius 2 is 1.60 bits per heavy atom. The maximum atomic E-state index is 13.6. The van der Waals surface area contributed by atoms with Gasteiger partial charge in [-0.15, -0.1) is 0 Å². The highest BCUT2D eigenvalue weighted by Gasteiger charge is 2.43. The first-order valence-corrected chi connectivity index (χ1v) is 14.0. The highest BCUT2D eigenvalue weighted by atomic mass is 35.5. The summed E-state index contributed by atoms with van der Waals surface area (Å²) >= 11 is 12.5. The van der Waals surface area contributed by atoms with Crippen molar-refractivity contribution in [1.29, 1.82) is 0 Å². The molecule has 4 rings (SSSR count). The summed E-state index contributed by atoms with van der Waals surface area (Å²) in [6.07, 6.45) is 0.0559. The van der Waals surface area contributed by atoms with Gasteiger partial charge >= 0.3 is 12.2 Å². The van der Waals surface area contributed by atoms with Crippen LogP contribution in [0.3, 0.4) is 0 Å². The molecule has 2 heterocycles. The first kappa shape index (κ1) is 29.9. The molecule has 2 aliphatic rings. The molecule has 1 unspecified atom stereocenters. The third-order valence-corrected chi connectivity index (χ3v) is 8.01. The Hall–Kier alpha value is -3.04. The van der Waals surface area contributed by atoms with Crippen LogP contribution in [-0.2, 0) is 9.53 Å². The second-order valence-electron chi connectivity index (χ2n) is 11.3. The highest BCUT2D eigenvalue weighted by Crippen LogP contribution is 2.36. The molecule has 0 spiro atoms. The molecule has 0 aromatic heterocycles. The fraction of sp³-hybridized carbons (Fsp3) is 0.483. The SMILES string of the molecule is CN(C(=O)Oc1ccc(F)cc1)C1CN(C(=O)C2CCN(C(=O)OC(C)(C)C)CC2)C[C@@H]1c1ccc(Cl)c(Cl)c1. The molecule has 2 atom stereocenters. The number of benzene rings is 2. The van der Waals surface area contributed by atoms with E-state index in [1.54, 1.807) is 29.0 Å². The van der Waals surface area contributed by atoms with Gasteiger partial charge in [-0.3, -0.25) is 4.79 Å². The number of carbonyl (C=O) groups excluding carboxylic acids is 3. The summed E-state index contributed by atoms with van der Waals surface area (Å²) in [6, 6.07) is 10.1. The zero-order valence-corrected chi connectivity index (χ0v) is 24.5. The Morgan fingerprint density at radius 3 is 2.20 bits per heavy atom. The number of hydrogen-bond donors (Lipinski definition) is 0. The predicted molar refractivity (Wildman–Crippen MR) is 150 cm³/mol. The second kappa shape index (κ2) is 12.2. The van der Waals surface area contributed by atoms with Gasteiger partial charge in [0.15, 0.2) is 0 Å². The monoisotopic (exact) mass is 593 g/mol. The van der Waals surface area contributed by atoms with Gasteiger partial charge in [0, 0.05) is 45.1 Å². The van der Waals surface area contributed by atoms with E-state index in [0.717, 1.165) is 5.56 Å². The van der Waals surface area contributed by atoms with Crippen LogP contribution in [0.2, 0.25) is 10.0 Å². The van der Waals surface area contributed by atoms with Crippen molar-refractivity contribution in [3.8, 4) is 5.75 Å². The molecule has 2 fully saturated rings. The van der Waals surface area contributed by atoms with E-state index in [1.165, 1.54) is 29.2 Å². The van der Waals surface area contributed by atoms with Crippen molar-refractivity contribution in [2.24, 2.45) is 5.92 Å². The fourth-order valence-corrected chi connectivity index (χ4v) is 5.44. The smallest absolute Gasteiger partial charge is 0.415 e. The zero-order chi connectivity index (χ0) is 29.2. The number of nitrogens with zero attached hydrogens (tertiary/aromatic N) is 3. The van der Waals surface area contributed by atoms with Crippen molar-refractivity contribution in [3.63, 3.8) is 0 Å². The third kappa shape index (κ3) is 7.18. The number of piperidine rings is 1. The molecule has 0 aliphatic carbocycles.